The van der Waals surface area contributed by atoms with E-state index in [1.54, 1.807) is 4.90 Å². The second-order valence-corrected chi connectivity index (χ2v) is 6.46. The first-order valence-corrected chi connectivity index (χ1v) is 7.81. The fourth-order valence-corrected chi connectivity index (χ4v) is 3.39. The van der Waals surface area contributed by atoms with Crippen molar-refractivity contribution < 1.29 is 4.79 Å². The number of H-pyrrole nitrogens is 1. The summed E-state index contributed by atoms with van der Waals surface area (Å²) in [5.74, 6) is -0.118. The van der Waals surface area contributed by atoms with E-state index in [0.29, 0.717) is 16.7 Å². The highest BCUT2D eigenvalue weighted by molar-refractivity contribution is 7.15. The number of aromatic nitrogens is 2. The first-order chi connectivity index (χ1) is 10.1. The zero-order valence-electron chi connectivity index (χ0n) is 11.7. The Morgan fingerprint density at radius 1 is 1.43 bits per heavy atom. The standard InChI is InChI=1S/C15H14ClN3OS/c1-3-19(14(20)13-9(2)21-15(16)18-13)11-4-5-12-10(8-11)6-7-17-12/h4-8,17H,3H2,1-2H3. The van der Waals surface area contributed by atoms with Gasteiger partial charge < -0.3 is 9.88 Å². The first-order valence-electron chi connectivity index (χ1n) is 6.62. The quantitative estimate of drug-likeness (QED) is 0.784. The van der Waals surface area contributed by atoms with Crippen LogP contribution in [-0.4, -0.2) is 22.4 Å². The lowest BCUT2D eigenvalue weighted by Gasteiger charge is -2.20. The van der Waals surface area contributed by atoms with Gasteiger partial charge in [0.25, 0.3) is 5.91 Å². The lowest BCUT2D eigenvalue weighted by Crippen LogP contribution is -2.31. The van der Waals surface area contributed by atoms with Gasteiger partial charge in [0.1, 0.15) is 5.69 Å². The van der Waals surface area contributed by atoms with Crippen molar-refractivity contribution in [2.75, 3.05) is 11.4 Å². The first kappa shape index (κ1) is 14.1. The molecule has 0 saturated heterocycles. The number of carbonyl (C=O) groups excluding carboxylic acids is 1. The van der Waals surface area contributed by atoms with Crippen LogP contribution in [0.5, 0.6) is 0 Å². The molecule has 0 radical (unpaired) electrons. The summed E-state index contributed by atoms with van der Waals surface area (Å²) in [7, 11) is 0. The van der Waals surface area contributed by atoms with E-state index in [2.05, 4.69) is 9.97 Å². The zero-order chi connectivity index (χ0) is 15.0. The van der Waals surface area contributed by atoms with Crippen LogP contribution in [0, 0.1) is 6.92 Å². The smallest absolute Gasteiger partial charge is 0.278 e. The highest BCUT2D eigenvalue weighted by Gasteiger charge is 2.21. The summed E-state index contributed by atoms with van der Waals surface area (Å²) in [6, 6.07) is 7.89. The van der Waals surface area contributed by atoms with Crippen molar-refractivity contribution >= 4 is 45.4 Å². The molecule has 3 rings (SSSR count). The summed E-state index contributed by atoms with van der Waals surface area (Å²) in [4.78, 5) is 22.5. The summed E-state index contributed by atoms with van der Waals surface area (Å²) in [5, 5.41) is 1.08. The number of benzene rings is 1. The van der Waals surface area contributed by atoms with Gasteiger partial charge in [0.2, 0.25) is 0 Å². The van der Waals surface area contributed by atoms with Crippen LogP contribution in [0.3, 0.4) is 0 Å². The van der Waals surface area contributed by atoms with Gasteiger partial charge >= 0.3 is 0 Å². The number of amides is 1. The molecule has 0 unspecified atom stereocenters. The van der Waals surface area contributed by atoms with E-state index in [1.807, 2.05) is 44.3 Å². The Morgan fingerprint density at radius 2 is 2.24 bits per heavy atom. The van der Waals surface area contributed by atoms with Gasteiger partial charge in [0.05, 0.1) is 0 Å². The van der Waals surface area contributed by atoms with E-state index in [0.717, 1.165) is 21.5 Å². The molecule has 0 fully saturated rings. The molecule has 0 aliphatic carbocycles. The largest absolute Gasteiger partial charge is 0.361 e. The Bertz CT molecular complexity index is 808. The number of nitrogens with one attached hydrogen (secondary N) is 1. The third kappa shape index (κ3) is 2.54. The minimum Gasteiger partial charge on any atom is -0.361 e. The average molecular weight is 320 g/mol. The topological polar surface area (TPSA) is 49.0 Å². The Kier molecular flexibility index (Phi) is 3.69. The van der Waals surface area contributed by atoms with Gasteiger partial charge in [-0.3, -0.25) is 4.79 Å². The molecule has 0 aliphatic rings. The summed E-state index contributed by atoms with van der Waals surface area (Å²) in [5.41, 5.74) is 2.34. The number of hydrogen-bond donors (Lipinski definition) is 1. The lowest BCUT2D eigenvalue weighted by atomic mass is 10.2. The molecule has 6 heteroatoms. The molecule has 2 heterocycles. The van der Waals surface area contributed by atoms with Crippen molar-refractivity contribution in [3.05, 3.63) is 45.5 Å². The maximum absolute atomic E-state index is 12.7. The van der Waals surface area contributed by atoms with E-state index in [-0.39, 0.29) is 5.91 Å². The number of hydrogen-bond acceptors (Lipinski definition) is 3. The third-order valence-electron chi connectivity index (χ3n) is 3.38. The predicted octanol–water partition coefficient (Wildman–Crippen LogP) is 4.25. The Morgan fingerprint density at radius 3 is 2.90 bits per heavy atom. The Balaban J connectivity index is 2.00. The van der Waals surface area contributed by atoms with Gasteiger partial charge in [-0.2, -0.15) is 0 Å². The van der Waals surface area contributed by atoms with Crippen molar-refractivity contribution in [1.29, 1.82) is 0 Å². The van der Waals surface area contributed by atoms with Gasteiger partial charge in [0.15, 0.2) is 4.47 Å². The molecular formula is C15H14ClN3OS. The van der Waals surface area contributed by atoms with E-state index < -0.39 is 0 Å². The van der Waals surface area contributed by atoms with E-state index >= 15 is 0 Å². The number of aryl methyl sites for hydroxylation is 1. The zero-order valence-corrected chi connectivity index (χ0v) is 13.3. The summed E-state index contributed by atoms with van der Waals surface area (Å²) < 4.78 is 0.396. The van der Waals surface area contributed by atoms with Crippen LogP contribution >= 0.6 is 22.9 Å². The van der Waals surface area contributed by atoms with Crippen LogP contribution in [0.25, 0.3) is 10.9 Å². The second kappa shape index (κ2) is 5.50. The molecule has 0 atom stereocenters. The maximum Gasteiger partial charge on any atom is 0.278 e. The van der Waals surface area contributed by atoms with Crippen molar-refractivity contribution in [3.63, 3.8) is 0 Å². The molecule has 0 bridgehead atoms. The third-order valence-corrected chi connectivity index (χ3v) is 4.46. The molecule has 108 valence electrons. The van der Waals surface area contributed by atoms with Crippen LogP contribution < -0.4 is 4.90 Å². The maximum atomic E-state index is 12.7. The molecule has 1 aromatic carbocycles. The van der Waals surface area contributed by atoms with Crippen LogP contribution in [0.2, 0.25) is 4.47 Å². The SMILES string of the molecule is CCN(C(=O)c1nc(Cl)sc1C)c1ccc2[nH]ccc2c1. The van der Waals surface area contributed by atoms with Gasteiger partial charge in [-0.25, -0.2) is 4.98 Å². The van der Waals surface area contributed by atoms with Gasteiger partial charge in [-0.15, -0.1) is 11.3 Å². The van der Waals surface area contributed by atoms with Crippen LogP contribution in [0.4, 0.5) is 5.69 Å². The predicted molar refractivity (Wildman–Crippen MR) is 87.5 cm³/mol. The fourth-order valence-electron chi connectivity index (χ4n) is 2.34. The molecule has 3 aromatic rings. The number of carbonyl (C=O) groups is 1. The molecule has 1 N–H and O–H groups in total. The van der Waals surface area contributed by atoms with Crippen LogP contribution in [-0.2, 0) is 0 Å². The Labute approximate surface area is 131 Å². The minimum atomic E-state index is -0.118. The molecular weight excluding hydrogens is 306 g/mol. The molecule has 21 heavy (non-hydrogen) atoms. The fraction of sp³-hybridized carbons (Fsp3) is 0.200. The molecule has 0 saturated carbocycles. The minimum absolute atomic E-state index is 0.118. The Hall–Kier alpha value is -1.85. The number of thiazole rings is 1. The highest BCUT2D eigenvalue weighted by Crippen LogP contribution is 2.26. The second-order valence-electron chi connectivity index (χ2n) is 4.67. The van der Waals surface area contributed by atoms with Crippen LogP contribution in [0.1, 0.15) is 22.3 Å². The summed E-state index contributed by atoms with van der Waals surface area (Å²) in [6.07, 6.45) is 1.89. The number of fused-ring (bicyclic) bond motifs is 1. The molecule has 0 aliphatic heterocycles. The van der Waals surface area contributed by atoms with E-state index in [1.165, 1.54) is 11.3 Å². The number of nitrogens with zero attached hydrogens (tertiary/aromatic N) is 2. The molecule has 2 aromatic heterocycles. The molecule has 1 amide bonds. The van der Waals surface area contributed by atoms with Gasteiger partial charge in [0, 0.05) is 34.2 Å². The average Bonchev–Trinajstić information content (AvgIpc) is 3.05. The van der Waals surface area contributed by atoms with Gasteiger partial charge in [-0.05, 0) is 38.1 Å². The van der Waals surface area contributed by atoms with Crippen molar-refractivity contribution in [2.45, 2.75) is 13.8 Å². The lowest BCUT2D eigenvalue weighted by molar-refractivity contribution is 0.0983. The van der Waals surface area contributed by atoms with Gasteiger partial charge in [-0.1, -0.05) is 11.6 Å². The van der Waals surface area contributed by atoms with Crippen molar-refractivity contribution in [1.82, 2.24) is 9.97 Å². The van der Waals surface area contributed by atoms with Crippen molar-refractivity contribution in [3.8, 4) is 0 Å². The summed E-state index contributed by atoms with van der Waals surface area (Å²) >= 11 is 7.23. The number of anilines is 1. The molecule has 4 nitrogen and oxygen atoms in total. The highest BCUT2D eigenvalue weighted by atomic mass is 35.5. The number of rotatable bonds is 3. The monoisotopic (exact) mass is 319 g/mol. The number of halogens is 1. The van der Waals surface area contributed by atoms with E-state index in [4.69, 9.17) is 11.6 Å². The summed E-state index contributed by atoms with van der Waals surface area (Å²) in [6.45, 7) is 4.38. The van der Waals surface area contributed by atoms with Crippen LogP contribution in [0.15, 0.2) is 30.5 Å². The normalized spacial score (nSPS) is 11.0. The van der Waals surface area contributed by atoms with E-state index in [9.17, 15) is 4.79 Å². The number of aromatic amines is 1. The van der Waals surface area contributed by atoms with Crippen molar-refractivity contribution in [2.24, 2.45) is 0 Å². The molecule has 0 spiro atoms.